The average Bonchev–Trinajstić information content (AvgIpc) is 2.96. The van der Waals surface area contributed by atoms with Crippen LogP contribution in [0.25, 0.3) is 10.1 Å². The number of rotatable bonds is 5. The van der Waals surface area contributed by atoms with Crippen LogP contribution in [0.4, 0.5) is 5.69 Å². The number of ether oxygens (including phenoxy) is 1. The SMILES string of the molecule is CCOc1cc(CNc2ccc3sccc3c2)ccc1O. The number of benzene rings is 2. The molecule has 3 rings (SSSR count). The van der Waals surface area contributed by atoms with Crippen molar-refractivity contribution in [3.05, 3.63) is 53.4 Å². The van der Waals surface area contributed by atoms with E-state index < -0.39 is 0 Å². The summed E-state index contributed by atoms with van der Waals surface area (Å²) >= 11 is 1.75. The Morgan fingerprint density at radius 1 is 1.14 bits per heavy atom. The van der Waals surface area contributed by atoms with Gasteiger partial charge in [-0.15, -0.1) is 11.3 Å². The standard InChI is InChI=1S/C17H17NO2S/c1-2-20-16-9-12(3-5-15(16)19)11-18-14-4-6-17-13(10-14)7-8-21-17/h3-10,18-19H,2,11H2,1H3. The molecule has 1 heterocycles. The van der Waals surface area contributed by atoms with Crippen molar-refractivity contribution in [1.29, 1.82) is 0 Å². The number of hydrogen-bond donors (Lipinski definition) is 2. The highest BCUT2D eigenvalue weighted by molar-refractivity contribution is 7.17. The van der Waals surface area contributed by atoms with Crippen LogP contribution in [0.1, 0.15) is 12.5 Å². The Hall–Kier alpha value is -2.20. The molecule has 1 aromatic heterocycles. The van der Waals surface area contributed by atoms with Crippen molar-refractivity contribution in [3.63, 3.8) is 0 Å². The highest BCUT2D eigenvalue weighted by Crippen LogP contribution is 2.28. The lowest BCUT2D eigenvalue weighted by Gasteiger charge is -2.10. The zero-order chi connectivity index (χ0) is 14.7. The largest absolute Gasteiger partial charge is 0.504 e. The molecule has 3 nitrogen and oxygen atoms in total. The van der Waals surface area contributed by atoms with E-state index >= 15 is 0 Å². The second-order valence-electron chi connectivity index (χ2n) is 4.76. The highest BCUT2D eigenvalue weighted by atomic mass is 32.1. The number of aromatic hydroxyl groups is 1. The quantitative estimate of drug-likeness (QED) is 0.722. The van der Waals surface area contributed by atoms with Crippen LogP contribution < -0.4 is 10.1 Å². The molecule has 0 unspecified atom stereocenters. The van der Waals surface area contributed by atoms with E-state index in [1.807, 2.05) is 19.1 Å². The monoisotopic (exact) mass is 299 g/mol. The summed E-state index contributed by atoms with van der Waals surface area (Å²) in [5.41, 5.74) is 2.16. The Labute approximate surface area is 127 Å². The molecule has 0 atom stereocenters. The van der Waals surface area contributed by atoms with E-state index in [1.54, 1.807) is 17.4 Å². The maximum Gasteiger partial charge on any atom is 0.161 e. The van der Waals surface area contributed by atoms with E-state index in [0.717, 1.165) is 11.3 Å². The summed E-state index contributed by atoms with van der Waals surface area (Å²) in [5, 5.41) is 16.5. The smallest absolute Gasteiger partial charge is 0.161 e. The molecule has 0 fully saturated rings. The zero-order valence-electron chi connectivity index (χ0n) is 11.8. The first-order chi connectivity index (χ1) is 10.3. The molecule has 21 heavy (non-hydrogen) atoms. The minimum Gasteiger partial charge on any atom is -0.504 e. The normalized spacial score (nSPS) is 10.7. The third-order valence-corrected chi connectivity index (χ3v) is 4.17. The van der Waals surface area contributed by atoms with Gasteiger partial charge in [-0.3, -0.25) is 0 Å². The molecule has 3 aromatic rings. The molecule has 0 aliphatic carbocycles. The first kappa shape index (κ1) is 13.8. The average molecular weight is 299 g/mol. The molecular weight excluding hydrogens is 282 g/mol. The third-order valence-electron chi connectivity index (χ3n) is 3.27. The molecular formula is C17H17NO2S. The first-order valence-electron chi connectivity index (χ1n) is 6.92. The van der Waals surface area contributed by atoms with Crippen LogP contribution in [0.3, 0.4) is 0 Å². The van der Waals surface area contributed by atoms with Gasteiger partial charge in [0.25, 0.3) is 0 Å². The van der Waals surface area contributed by atoms with Crippen molar-refractivity contribution >= 4 is 27.1 Å². The van der Waals surface area contributed by atoms with E-state index in [4.69, 9.17) is 4.74 Å². The maximum atomic E-state index is 9.70. The molecule has 0 aliphatic heterocycles. The van der Waals surface area contributed by atoms with Gasteiger partial charge in [-0.05, 0) is 59.7 Å². The van der Waals surface area contributed by atoms with Crippen LogP contribution in [-0.2, 0) is 6.54 Å². The van der Waals surface area contributed by atoms with Crippen LogP contribution in [0, 0.1) is 0 Å². The number of phenols is 1. The van der Waals surface area contributed by atoms with Gasteiger partial charge in [0.2, 0.25) is 0 Å². The Morgan fingerprint density at radius 3 is 2.90 bits per heavy atom. The summed E-state index contributed by atoms with van der Waals surface area (Å²) in [6.45, 7) is 3.13. The van der Waals surface area contributed by atoms with Gasteiger partial charge in [-0.1, -0.05) is 6.07 Å². The number of phenolic OH excluding ortho intramolecular Hbond substituents is 1. The van der Waals surface area contributed by atoms with E-state index in [0.29, 0.717) is 18.9 Å². The molecule has 0 amide bonds. The van der Waals surface area contributed by atoms with E-state index in [1.165, 1.54) is 10.1 Å². The number of hydrogen-bond acceptors (Lipinski definition) is 4. The Bertz CT molecular complexity index is 751. The van der Waals surface area contributed by atoms with Crippen molar-refractivity contribution in [3.8, 4) is 11.5 Å². The highest BCUT2D eigenvalue weighted by Gasteiger charge is 2.04. The second-order valence-corrected chi connectivity index (χ2v) is 5.71. The van der Waals surface area contributed by atoms with Gasteiger partial charge in [0.15, 0.2) is 11.5 Å². The minimum absolute atomic E-state index is 0.181. The summed E-state index contributed by atoms with van der Waals surface area (Å²) in [5.74, 6) is 0.713. The minimum atomic E-state index is 0.181. The molecule has 0 bridgehead atoms. The third kappa shape index (κ3) is 3.11. The van der Waals surface area contributed by atoms with E-state index in [-0.39, 0.29) is 5.75 Å². The van der Waals surface area contributed by atoms with Crippen molar-refractivity contribution in [2.75, 3.05) is 11.9 Å². The van der Waals surface area contributed by atoms with Gasteiger partial charge in [-0.25, -0.2) is 0 Å². The van der Waals surface area contributed by atoms with Crippen LogP contribution in [0.15, 0.2) is 47.8 Å². The summed E-state index contributed by atoms with van der Waals surface area (Å²) in [6, 6.07) is 13.9. The lowest BCUT2D eigenvalue weighted by molar-refractivity contribution is 0.318. The van der Waals surface area contributed by atoms with Crippen molar-refractivity contribution in [1.82, 2.24) is 0 Å². The molecule has 0 aliphatic rings. The van der Waals surface area contributed by atoms with E-state index in [9.17, 15) is 5.11 Å². The van der Waals surface area contributed by atoms with Crippen LogP contribution >= 0.6 is 11.3 Å². The van der Waals surface area contributed by atoms with Gasteiger partial charge < -0.3 is 15.2 Å². The Balaban J connectivity index is 1.73. The summed E-state index contributed by atoms with van der Waals surface area (Å²) in [7, 11) is 0. The fourth-order valence-electron chi connectivity index (χ4n) is 2.22. The molecule has 4 heteroatoms. The molecule has 108 valence electrons. The van der Waals surface area contributed by atoms with Gasteiger partial charge in [0.1, 0.15) is 0 Å². The molecule has 0 saturated heterocycles. The lowest BCUT2D eigenvalue weighted by atomic mass is 10.2. The van der Waals surface area contributed by atoms with E-state index in [2.05, 4.69) is 35.0 Å². The zero-order valence-corrected chi connectivity index (χ0v) is 12.6. The fourth-order valence-corrected chi connectivity index (χ4v) is 2.99. The topological polar surface area (TPSA) is 41.5 Å². The lowest BCUT2D eigenvalue weighted by Crippen LogP contribution is -2.00. The molecule has 0 radical (unpaired) electrons. The van der Waals surface area contributed by atoms with Gasteiger partial charge in [0.05, 0.1) is 6.61 Å². The van der Waals surface area contributed by atoms with Crippen LogP contribution in [0.5, 0.6) is 11.5 Å². The predicted molar refractivity (Wildman–Crippen MR) is 88.4 cm³/mol. The van der Waals surface area contributed by atoms with Crippen molar-refractivity contribution in [2.24, 2.45) is 0 Å². The first-order valence-corrected chi connectivity index (χ1v) is 7.80. The summed E-state index contributed by atoms with van der Waals surface area (Å²) in [6.07, 6.45) is 0. The fraction of sp³-hybridized carbons (Fsp3) is 0.176. The van der Waals surface area contributed by atoms with Crippen molar-refractivity contribution < 1.29 is 9.84 Å². The van der Waals surface area contributed by atoms with Gasteiger partial charge in [-0.2, -0.15) is 0 Å². The number of fused-ring (bicyclic) bond motifs is 1. The number of anilines is 1. The van der Waals surface area contributed by atoms with Crippen LogP contribution in [0.2, 0.25) is 0 Å². The number of nitrogens with one attached hydrogen (secondary N) is 1. The summed E-state index contributed by atoms with van der Waals surface area (Å²) in [4.78, 5) is 0. The predicted octanol–water partition coefficient (Wildman–Crippen LogP) is 4.62. The van der Waals surface area contributed by atoms with Gasteiger partial charge >= 0.3 is 0 Å². The molecule has 0 saturated carbocycles. The molecule has 0 spiro atoms. The Kier molecular flexibility index (Phi) is 3.97. The van der Waals surface area contributed by atoms with Crippen LogP contribution in [-0.4, -0.2) is 11.7 Å². The Morgan fingerprint density at radius 2 is 2.05 bits per heavy atom. The van der Waals surface area contributed by atoms with Gasteiger partial charge in [0, 0.05) is 16.9 Å². The maximum absolute atomic E-state index is 9.70. The number of thiophene rings is 1. The summed E-state index contributed by atoms with van der Waals surface area (Å²) < 4.78 is 6.70. The van der Waals surface area contributed by atoms with Crippen molar-refractivity contribution in [2.45, 2.75) is 13.5 Å². The molecule has 2 N–H and O–H groups in total. The second kappa shape index (κ2) is 6.06. The molecule has 2 aromatic carbocycles.